The smallest absolute Gasteiger partial charge is 0.408 e. The van der Waals surface area contributed by atoms with E-state index < -0.39 is 29.7 Å². The van der Waals surface area contributed by atoms with Gasteiger partial charge in [-0.3, -0.25) is 9.59 Å². The van der Waals surface area contributed by atoms with Gasteiger partial charge in [0.1, 0.15) is 17.7 Å². The molecule has 2 atom stereocenters. The van der Waals surface area contributed by atoms with Crippen molar-refractivity contribution in [3.63, 3.8) is 0 Å². The van der Waals surface area contributed by atoms with Crippen molar-refractivity contribution in [2.75, 3.05) is 17.6 Å². The molecule has 0 spiro atoms. The number of para-hydroxylation sites is 1. The molecule has 0 bridgehead atoms. The molecule has 0 aromatic heterocycles. The van der Waals surface area contributed by atoms with Gasteiger partial charge in [-0.15, -0.1) is 0 Å². The van der Waals surface area contributed by atoms with Gasteiger partial charge in [0.05, 0.1) is 0 Å². The summed E-state index contributed by atoms with van der Waals surface area (Å²) in [4.78, 5) is 42.4. The quantitative estimate of drug-likeness (QED) is 0.152. The molecule has 0 saturated carbocycles. The van der Waals surface area contributed by atoms with E-state index in [0.29, 0.717) is 17.8 Å². The van der Waals surface area contributed by atoms with E-state index in [1.165, 1.54) is 6.42 Å². The molecule has 0 aliphatic heterocycles. The molecule has 8 heteroatoms. The van der Waals surface area contributed by atoms with Gasteiger partial charge in [0.15, 0.2) is 0 Å². The fourth-order valence-electron chi connectivity index (χ4n) is 4.51. The lowest BCUT2D eigenvalue weighted by molar-refractivity contribution is -0.140. The largest absolute Gasteiger partial charge is 0.444 e. The Morgan fingerprint density at radius 3 is 2.34 bits per heavy atom. The molecule has 2 aromatic carbocycles. The lowest BCUT2D eigenvalue weighted by Crippen LogP contribution is -2.53. The van der Waals surface area contributed by atoms with Crippen LogP contribution in [0.4, 0.5) is 10.5 Å². The van der Waals surface area contributed by atoms with E-state index in [9.17, 15) is 14.4 Å². The number of hydrogen-bond donors (Lipinski definition) is 3. The Bertz CT molecular complexity index is 1160. The van der Waals surface area contributed by atoms with Gasteiger partial charge >= 0.3 is 6.09 Å². The molecule has 224 valence electrons. The second-order valence-electron chi connectivity index (χ2n) is 11.3. The number of unbranched alkanes of at least 4 members (excludes halogenated alkanes) is 5. The highest BCUT2D eigenvalue weighted by Crippen LogP contribution is 2.27. The van der Waals surface area contributed by atoms with Crippen LogP contribution < -0.4 is 10.6 Å². The number of ether oxygens (including phenoxy) is 1. The summed E-state index contributed by atoms with van der Waals surface area (Å²) < 4.78 is 5.41. The van der Waals surface area contributed by atoms with Gasteiger partial charge in [-0.2, -0.15) is 12.6 Å². The highest BCUT2D eigenvalue weighted by molar-refractivity contribution is 7.80. The SMILES string of the molecule is C=Cc1cccc(C(C(=O)Nc2ccccc2C)N(CCCCCCCC)C(=O)C(CS)NC(=O)OC(C)(C)C)c1. The molecular formula is C33H47N3O4S. The zero-order valence-electron chi connectivity index (χ0n) is 25.2. The molecular weight excluding hydrogens is 534 g/mol. The average Bonchev–Trinajstić information content (AvgIpc) is 2.92. The lowest BCUT2D eigenvalue weighted by atomic mass is 9.99. The normalized spacial score (nSPS) is 12.6. The van der Waals surface area contributed by atoms with Crippen molar-refractivity contribution in [2.45, 2.75) is 90.8 Å². The number of thiol groups is 1. The fraction of sp³-hybridized carbons (Fsp3) is 0.485. The van der Waals surface area contributed by atoms with Crippen LogP contribution >= 0.6 is 12.6 Å². The van der Waals surface area contributed by atoms with Gasteiger partial charge in [0, 0.05) is 18.0 Å². The maximum absolute atomic E-state index is 14.1. The first-order valence-electron chi connectivity index (χ1n) is 14.5. The van der Waals surface area contributed by atoms with Gasteiger partial charge in [0.25, 0.3) is 5.91 Å². The third-order valence-electron chi connectivity index (χ3n) is 6.63. The third-order valence-corrected chi connectivity index (χ3v) is 7.00. The Morgan fingerprint density at radius 2 is 1.71 bits per heavy atom. The number of anilines is 1. The Hall–Kier alpha value is -3.26. The molecule has 0 fully saturated rings. The number of aryl methyl sites for hydroxylation is 1. The number of amides is 3. The predicted molar refractivity (Wildman–Crippen MR) is 171 cm³/mol. The van der Waals surface area contributed by atoms with E-state index in [1.807, 2.05) is 55.5 Å². The van der Waals surface area contributed by atoms with Crippen LogP contribution in [-0.2, 0) is 14.3 Å². The van der Waals surface area contributed by atoms with Crippen molar-refractivity contribution in [3.8, 4) is 0 Å². The maximum atomic E-state index is 14.1. The molecule has 2 N–H and O–H groups in total. The predicted octanol–water partition coefficient (Wildman–Crippen LogP) is 7.33. The standard InChI is InChI=1S/C33H47N3O4S/c1-7-9-10-11-12-15-21-36(31(38)28(23-41)35-32(39)40-33(4,5)6)29(26-19-16-18-25(8-2)22-26)30(37)34-27-20-14-13-17-24(27)3/h8,13-14,16-20,22,28-29,41H,2,7,9-12,15,21,23H2,1,3-6H3,(H,34,37)(H,35,39). The summed E-state index contributed by atoms with van der Waals surface area (Å²) in [5, 5.41) is 5.71. The minimum Gasteiger partial charge on any atom is -0.444 e. The maximum Gasteiger partial charge on any atom is 0.408 e. The molecule has 3 amide bonds. The van der Waals surface area contributed by atoms with Crippen LogP contribution in [0.3, 0.4) is 0 Å². The van der Waals surface area contributed by atoms with E-state index in [2.05, 4.69) is 36.8 Å². The van der Waals surface area contributed by atoms with Crippen molar-refractivity contribution in [1.29, 1.82) is 0 Å². The molecule has 2 unspecified atom stereocenters. The van der Waals surface area contributed by atoms with Crippen molar-refractivity contribution in [3.05, 3.63) is 71.8 Å². The molecule has 2 rings (SSSR count). The van der Waals surface area contributed by atoms with Crippen LogP contribution in [0, 0.1) is 6.92 Å². The zero-order valence-corrected chi connectivity index (χ0v) is 26.1. The average molecular weight is 582 g/mol. The van der Waals surface area contributed by atoms with Gasteiger partial charge in [0.2, 0.25) is 5.91 Å². The second kappa shape index (κ2) is 16.9. The second-order valence-corrected chi connectivity index (χ2v) is 11.6. The van der Waals surface area contributed by atoms with E-state index in [-0.39, 0.29) is 11.7 Å². The Labute approximate surface area is 251 Å². The minimum atomic E-state index is -0.982. The van der Waals surface area contributed by atoms with Crippen LogP contribution in [0.2, 0.25) is 0 Å². The van der Waals surface area contributed by atoms with Gasteiger partial charge in [-0.05, 0) is 62.9 Å². The topological polar surface area (TPSA) is 87.7 Å². The molecule has 2 aromatic rings. The summed E-state index contributed by atoms with van der Waals surface area (Å²) in [6, 6.07) is 13.1. The zero-order chi connectivity index (χ0) is 30.4. The van der Waals surface area contributed by atoms with Crippen LogP contribution in [-0.4, -0.2) is 46.7 Å². The molecule has 0 aliphatic rings. The molecule has 0 saturated heterocycles. The first-order chi connectivity index (χ1) is 19.5. The summed E-state index contributed by atoms with van der Waals surface area (Å²) >= 11 is 4.38. The van der Waals surface area contributed by atoms with Crippen molar-refractivity contribution >= 4 is 42.3 Å². The van der Waals surface area contributed by atoms with Gasteiger partial charge < -0.3 is 20.3 Å². The van der Waals surface area contributed by atoms with E-state index in [4.69, 9.17) is 4.74 Å². The van der Waals surface area contributed by atoms with Crippen LogP contribution in [0.25, 0.3) is 6.08 Å². The Morgan fingerprint density at radius 1 is 1.02 bits per heavy atom. The number of hydrogen-bond acceptors (Lipinski definition) is 5. The highest BCUT2D eigenvalue weighted by Gasteiger charge is 2.36. The van der Waals surface area contributed by atoms with Crippen molar-refractivity contribution in [1.82, 2.24) is 10.2 Å². The van der Waals surface area contributed by atoms with Gasteiger partial charge in [-0.1, -0.05) is 88.1 Å². The number of carbonyl (C=O) groups is 3. The van der Waals surface area contributed by atoms with E-state index in [1.54, 1.807) is 31.7 Å². The highest BCUT2D eigenvalue weighted by atomic mass is 32.1. The summed E-state index contributed by atoms with van der Waals surface area (Å²) in [6.45, 7) is 13.6. The molecule has 41 heavy (non-hydrogen) atoms. The lowest BCUT2D eigenvalue weighted by Gasteiger charge is -2.34. The fourth-order valence-corrected chi connectivity index (χ4v) is 4.76. The molecule has 0 heterocycles. The van der Waals surface area contributed by atoms with E-state index in [0.717, 1.165) is 43.2 Å². The van der Waals surface area contributed by atoms with Crippen LogP contribution in [0.15, 0.2) is 55.1 Å². The summed E-state index contributed by atoms with van der Waals surface area (Å²) in [6.07, 6.45) is 7.13. The third kappa shape index (κ3) is 11.3. The summed E-state index contributed by atoms with van der Waals surface area (Å²) in [5.41, 5.74) is 2.34. The van der Waals surface area contributed by atoms with E-state index >= 15 is 0 Å². The summed E-state index contributed by atoms with van der Waals surface area (Å²) in [7, 11) is 0. The van der Waals surface area contributed by atoms with Crippen LogP contribution in [0.1, 0.15) is 89.0 Å². The Balaban J connectivity index is 2.49. The van der Waals surface area contributed by atoms with Gasteiger partial charge in [-0.25, -0.2) is 4.79 Å². The Kier molecular flexibility index (Phi) is 14.0. The summed E-state index contributed by atoms with van der Waals surface area (Å²) in [5.74, 6) is -0.687. The van der Waals surface area contributed by atoms with Crippen molar-refractivity contribution < 1.29 is 19.1 Å². The molecule has 7 nitrogen and oxygen atoms in total. The number of nitrogens with zero attached hydrogens (tertiary/aromatic N) is 1. The number of carbonyl (C=O) groups excluding carboxylic acids is 3. The van der Waals surface area contributed by atoms with Crippen LogP contribution in [0.5, 0.6) is 0 Å². The van der Waals surface area contributed by atoms with Crippen molar-refractivity contribution in [2.24, 2.45) is 0 Å². The first-order valence-corrected chi connectivity index (χ1v) is 15.1. The number of rotatable bonds is 15. The minimum absolute atomic E-state index is 0.0455. The number of alkyl carbamates (subject to hydrolysis) is 1. The molecule has 0 aliphatic carbocycles. The first kappa shape index (κ1) is 33.9. The number of nitrogens with one attached hydrogen (secondary N) is 2. The number of benzene rings is 2. The molecule has 0 radical (unpaired) electrons. The monoisotopic (exact) mass is 581 g/mol.